The number of hydrogen-bond acceptors (Lipinski definition) is 2. The molecule has 20 heavy (non-hydrogen) atoms. The van der Waals surface area contributed by atoms with Gasteiger partial charge in [-0.15, -0.1) is 0 Å². The SMILES string of the molecule is CC1(C)CC(C)(c2ccccc2O)c2ccccc2O1. The van der Waals surface area contributed by atoms with Crippen molar-refractivity contribution in [1.82, 2.24) is 0 Å². The Morgan fingerprint density at radius 3 is 2.20 bits per heavy atom. The summed E-state index contributed by atoms with van der Waals surface area (Å²) in [5.74, 6) is 1.26. The topological polar surface area (TPSA) is 29.5 Å². The number of para-hydroxylation sites is 2. The van der Waals surface area contributed by atoms with Gasteiger partial charge in [0.1, 0.15) is 17.1 Å². The highest BCUT2D eigenvalue weighted by atomic mass is 16.5. The number of benzene rings is 2. The fraction of sp³-hybridized carbons (Fsp3) is 0.333. The number of ether oxygens (including phenoxy) is 1. The van der Waals surface area contributed by atoms with Gasteiger partial charge in [0.15, 0.2) is 0 Å². The average Bonchev–Trinajstić information content (AvgIpc) is 2.37. The summed E-state index contributed by atoms with van der Waals surface area (Å²) in [6, 6.07) is 15.7. The molecule has 1 heterocycles. The van der Waals surface area contributed by atoms with Gasteiger partial charge in [-0.25, -0.2) is 0 Å². The van der Waals surface area contributed by atoms with Gasteiger partial charge in [0.05, 0.1) is 0 Å². The van der Waals surface area contributed by atoms with E-state index in [9.17, 15) is 5.11 Å². The van der Waals surface area contributed by atoms with E-state index >= 15 is 0 Å². The molecule has 1 aliphatic heterocycles. The number of fused-ring (bicyclic) bond motifs is 1. The number of phenolic OH excluding ortho intramolecular Hbond substituents is 1. The predicted molar refractivity (Wildman–Crippen MR) is 80.3 cm³/mol. The van der Waals surface area contributed by atoms with Crippen LogP contribution < -0.4 is 4.74 Å². The van der Waals surface area contributed by atoms with Crippen LogP contribution in [0.25, 0.3) is 0 Å². The first-order chi connectivity index (χ1) is 9.42. The van der Waals surface area contributed by atoms with Crippen molar-refractivity contribution in [2.75, 3.05) is 0 Å². The quantitative estimate of drug-likeness (QED) is 0.837. The molecule has 0 saturated heterocycles. The van der Waals surface area contributed by atoms with E-state index in [1.165, 1.54) is 0 Å². The maximum absolute atomic E-state index is 10.3. The molecule has 0 aliphatic carbocycles. The molecule has 2 aromatic carbocycles. The van der Waals surface area contributed by atoms with Crippen LogP contribution in [0.2, 0.25) is 0 Å². The van der Waals surface area contributed by atoms with Crippen molar-refractivity contribution in [3.05, 3.63) is 59.7 Å². The first-order valence-electron chi connectivity index (χ1n) is 6.99. The minimum atomic E-state index is -0.259. The second-order valence-corrected chi connectivity index (χ2v) is 6.38. The molecule has 0 spiro atoms. The second kappa shape index (κ2) is 4.27. The lowest BCUT2D eigenvalue weighted by molar-refractivity contribution is 0.0578. The summed E-state index contributed by atoms with van der Waals surface area (Å²) in [5.41, 5.74) is 1.60. The van der Waals surface area contributed by atoms with Crippen LogP contribution in [0.3, 0.4) is 0 Å². The van der Waals surface area contributed by atoms with Crippen molar-refractivity contribution in [2.24, 2.45) is 0 Å². The van der Waals surface area contributed by atoms with E-state index in [1.807, 2.05) is 36.4 Å². The summed E-state index contributed by atoms with van der Waals surface area (Å²) < 4.78 is 6.09. The van der Waals surface area contributed by atoms with Crippen LogP contribution in [0, 0.1) is 0 Å². The van der Waals surface area contributed by atoms with Gasteiger partial charge in [-0.05, 0) is 26.0 Å². The fourth-order valence-electron chi connectivity index (χ4n) is 3.47. The lowest BCUT2D eigenvalue weighted by atomic mass is 9.68. The molecule has 104 valence electrons. The van der Waals surface area contributed by atoms with E-state index in [4.69, 9.17) is 4.74 Å². The van der Waals surface area contributed by atoms with Crippen LogP contribution in [0.4, 0.5) is 0 Å². The Hall–Kier alpha value is -1.96. The molecule has 1 atom stereocenters. The molecule has 0 aromatic heterocycles. The maximum atomic E-state index is 10.3. The van der Waals surface area contributed by atoms with E-state index < -0.39 is 0 Å². The Labute approximate surface area is 120 Å². The Morgan fingerprint density at radius 2 is 1.50 bits per heavy atom. The zero-order valence-electron chi connectivity index (χ0n) is 12.2. The largest absolute Gasteiger partial charge is 0.508 e. The zero-order chi connectivity index (χ0) is 14.4. The Bertz CT molecular complexity index is 645. The third-order valence-corrected chi connectivity index (χ3v) is 4.15. The molecular formula is C18H20O2. The molecule has 0 bridgehead atoms. The average molecular weight is 268 g/mol. The van der Waals surface area contributed by atoms with Gasteiger partial charge in [0.2, 0.25) is 0 Å². The lowest BCUT2D eigenvalue weighted by Gasteiger charge is -2.44. The third-order valence-electron chi connectivity index (χ3n) is 4.15. The van der Waals surface area contributed by atoms with Crippen molar-refractivity contribution in [1.29, 1.82) is 0 Å². The molecule has 2 heteroatoms. The minimum absolute atomic E-state index is 0.246. The number of rotatable bonds is 1. The molecule has 3 rings (SSSR count). The van der Waals surface area contributed by atoms with Gasteiger partial charge in [-0.1, -0.05) is 43.3 Å². The molecule has 0 saturated carbocycles. The van der Waals surface area contributed by atoms with Crippen molar-refractivity contribution in [3.8, 4) is 11.5 Å². The first-order valence-corrected chi connectivity index (χ1v) is 6.99. The van der Waals surface area contributed by atoms with Crippen LogP contribution in [0.1, 0.15) is 38.3 Å². The van der Waals surface area contributed by atoms with Gasteiger partial charge in [0.25, 0.3) is 0 Å². The van der Waals surface area contributed by atoms with Gasteiger partial charge in [-0.2, -0.15) is 0 Å². The highest BCUT2D eigenvalue weighted by Crippen LogP contribution is 2.50. The fourth-order valence-corrected chi connectivity index (χ4v) is 3.47. The minimum Gasteiger partial charge on any atom is -0.508 e. The van der Waals surface area contributed by atoms with E-state index in [0.717, 1.165) is 23.3 Å². The molecule has 1 N–H and O–H groups in total. The van der Waals surface area contributed by atoms with Crippen molar-refractivity contribution in [2.45, 2.75) is 38.2 Å². The Balaban J connectivity index is 2.24. The third kappa shape index (κ3) is 1.96. The summed E-state index contributed by atoms with van der Waals surface area (Å²) in [6.07, 6.45) is 0.828. The molecule has 0 amide bonds. The summed E-state index contributed by atoms with van der Waals surface area (Å²) in [5, 5.41) is 10.3. The van der Waals surface area contributed by atoms with Gasteiger partial charge in [0, 0.05) is 23.0 Å². The molecule has 2 nitrogen and oxygen atoms in total. The van der Waals surface area contributed by atoms with Crippen LogP contribution in [-0.2, 0) is 5.41 Å². The second-order valence-electron chi connectivity index (χ2n) is 6.38. The van der Waals surface area contributed by atoms with Gasteiger partial charge >= 0.3 is 0 Å². The molecular weight excluding hydrogens is 248 g/mol. The molecule has 0 fully saturated rings. The molecule has 2 aromatic rings. The van der Waals surface area contributed by atoms with Crippen molar-refractivity contribution >= 4 is 0 Å². The number of hydrogen-bond donors (Lipinski definition) is 1. The van der Waals surface area contributed by atoms with Crippen LogP contribution in [0.15, 0.2) is 48.5 Å². The molecule has 1 aliphatic rings. The standard InChI is InChI=1S/C18H20O2/c1-17(2)12-18(3,13-8-4-6-10-15(13)19)14-9-5-7-11-16(14)20-17/h4-11,19H,12H2,1-3H3. The van der Waals surface area contributed by atoms with Crippen molar-refractivity contribution in [3.63, 3.8) is 0 Å². The van der Waals surface area contributed by atoms with E-state index in [0.29, 0.717) is 5.75 Å². The normalized spacial score (nSPS) is 23.8. The number of aromatic hydroxyl groups is 1. The first kappa shape index (κ1) is 13.0. The van der Waals surface area contributed by atoms with Crippen LogP contribution in [-0.4, -0.2) is 10.7 Å². The van der Waals surface area contributed by atoms with Crippen LogP contribution >= 0.6 is 0 Å². The van der Waals surface area contributed by atoms with E-state index in [-0.39, 0.29) is 11.0 Å². The monoisotopic (exact) mass is 268 g/mol. The summed E-state index contributed by atoms with van der Waals surface area (Å²) in [7, 11) is 0. The maximum Gasteiger partial charge on any atom is 0.124 e. The lowest BCUT2D eigenvalue weighted by Crippen LogP contribution is -2.43. The summed E-state index contributed by atoms with van der Waals surface area (Å²) in [4.78, 5) is 0. The number of phenols is 1. The van der Waals surface area contributed by atoms with E-state index in [2.05, 4.69) is 26.8 Å². The molecule has 0 radical (unpaired) electrons. The van der Waals surface area contributed by atoms with Gasteiger partial charge < -0.3 is 9.84 Å². The Morgan fingerprint density at radius 1 is 0.900 bits per heavy atom. The Kier molecular flexibility index (Phi) is 2.79. The highest BCUT2D eigenvalue weighted by molar-refractivity contribution is 5.52. The van der Waals surface area contributed by atoms with Gasteiger partial charge in [-0.3, -0.25) is 0 Å². The smallest absolute Gasteiger partial charge is 0.124 e. The molecule has 1 unspecified atom stereocenters. The predicted octanol–water partition coefficient (Wildman–Crippen LogP) is 4.26. The zero-order valence-corrected chi connectivity index (χ0v) is 12.2. The summed E-state index contributed by atoms with van der Waals surface area (Å²) >= 11 is 0. The summed E-state index contributed by atoms with van der Waals surface area (Å²) in [6.45, 7) is 6.38. The highest BCUT2D eigenvalue weighted by Gasteiger charge is 2.44. The van der Waals surface area contributed by atoms with E-state index in [1.54, 1.807) is 6.07 Å². The van der Waals surface area contributed by atoms with Crippen molar-refractivity contribution < 1.29 is 9.84 Å². The van der Waals surface area contributed by atoms with Crippen LogP contribution in [0.5, 0.6) is 11.5 Å².